The zero-order valence-electron chi connectivity index (χ0n) is 39.2. The number of pyridine rings is 2. The molecule has 2 heterocycles. The second kappa shape index (κ2) is 23.0. The average molecular weight is 927 g/mol. The summed E-state index contributed by atoms with van der Waals surface area (Å²) in [7, 11) is 6.31. The lowest BCUT2D eigenvalue weighted by Crippen LogP contribution is -2.41. The van der Waals surface area contributed by atoms with E-state index in [4.69, 9.17) is 47.4 Å². The molecule has 352 valence electrons. The highest BCUT2D eigenvalue weighted by molar-refractivity contribution is 6.00. The fourth-order valence-electron chi connectivity index (χ4n) is 7.23. The lowest BCUT2D eigenvalue weighted by molar-refractivity contribution is -0.175. The Morgan fingerprint density at radius 2 is 0.939 bits per heavy atom. The highest BCUT2D eigenvalue weighted by Gasteiger charge is 2.46. The standard InChI is InChI=1S/C51H58N2O12.ClH/c1-11-51(12-2,49(54)62-27-33-13-19-43(58-9)45(21-33)60-29-35-25-52-41-17-15-37(56-7)23-39(41)47(35)64-31(3)4)50(55)63-28-34-14-20-44(59-10)46(22-34)61-30-36-26-53-42-18-16-38(57-8)24-40(42)48(36)65-32(5)6;/h13-26,31-32H,11-12,27-30H2,1-10H3;1H. The minimum Gasteiger partial charge on any atom is -0.497 e. The summed E-state index contributed by atoms with van der Waals surface area (Å²) in [5.41, 5.74) is 2.65. The molecule has 0 aliphatic carbocycles. The van der Waals surface area contributed by atoms with Gasteiger partial charge in [-0.3, -0.25) is 19.6 Å². The predicted octanol–water partition coefficient (Wildman–Crippen LogP) is 10.6. The van der Waals surface area contributed by atoms with E-state index in [2.05, 4.69) is 9.97 Å². The van der Waals surface area contributed by atoms with Crippen molar-refractivity contribution in [3.8, 4) is 46.0 Å². The third-order valence-corrected chi connectivity index (χ3v) is 10.9. The first kappa shape index (κ1) is 50.3. The summed E-state index contributed by atoms with van der Waals surface area (Å²) in [5.74, 6) is 3.03. The van der Waals surface area contributed by atoms with Gasteiger partial charge >= 0.3 is 11.9 Å². The topological polar surface area (TPSA) is 152 Å². The monoisotopic (exact) mass is 926 g/mol. The Kier molecular flexibility index (Phi) is 17.5. The highest BCUT2D eigenvalue weighted by atomic mass is 35.5. The van der Waals surface area contributed by atoms with Gasteiger partial charge in [0.15, 0.2) is 28.4 Å². The van der Waals surface area contributed by atoms with Crippen LogP contribution in [0.4, 0.5) is 0 Å². The van der Waals surface area contributed by atoms with E-state index in [1.165, 1.54) is 0 Å². The second-order valence-electron chi connectivity index (χ2n) is 15.8. The van der Waals surface area contributed by atoms with E-state index in [9.17, 15) is 9.59 Å². The first-order valence-electron chi connectivity index (χ1n) is 21.5. The molecule has 0 saturated heterocycles. The molecule has 0 spiro atoms. The molecule has 0 saturated carbocycles. The Balaban J connectivity index is 0.00000817. The van der Waals surface area contributed by atoms with Crippen LogP contribution in [0.3, 0.4) is 0 Å². The molecule has 6 rings (SSSR count). The zero-order valence-corrected chi connectivity index (χ0v) is 40.0. The Bertz CT molecular complexity index is 2440. The summed E-state index contributed by atoms with van der Waals surface area (Å²) in [6, 6.07) is 21.7. The number of esters is 2. The number of aromatic nitrogens is 2. The summed E-state index contributed by atoms with van der Waals surface area (Å²) in [5, 5.41) is 1.59. The van der Waals surface area contributed by atoms with E-state index in [0.29, 0.717) is 57.1 Å². The SMILES string of the molecule is CCC(CC)(C(=O)OCc1ccc(OC)c(OCc2cnc3ccc(OC)cc3c2OC(C)C)c1)C(=O)OCc1ccc(OC)c(OCc2cnc3ccc(OC)cc3c2OC(C)C)c1.Cl. The Hall–Kier alpha value is -6.67. The molecule has 0 aliphatic rings. The predicted molar refractivity (Wildman–Crippen MR) is 253 cm³/mol. The van der Waals surface area contributed by atoms with Crippen molar-refractivity contribution in [2.24, 2.45) is 5.41 Å². The summed E-state index contributed by atoms with van der Waals surface area (Å²) in [6.07, 6.45) is 3.55. The van der Waals surface area contributed by atoms with Gasteiger partial charge in [-0.15, -0.1) is 12.4 Å². The smallest absolute Gasteiger partial charge is 0.323 e. The molecule has 2 aromatic heterocycles. The van der Waals surface area contributed by atoms with Crippen molar-refractivity contribution < 1.29 is 57.0 Å². The van der Waals surface area contributed by atoms with Gasteiger partial charge in [0.25, 0.3) is 0 Å². The number of methoxy groups -OCH3 is 4. The minimum absolute atomic E-state index is 0. The molecule has 0 bridgehead atoms. The van der Waals surface area contributed by atoms with Gasteiger partial charge in [-0.1, -0.05) is 26.0 Å². The van der Waals surface area contributed by atoms with Crippen molar-refractivity contribution in [2.75, 3.05) is 28.4 Å². The van der Waals surface area contributed by atoms with Gasteiger partial charge in [-0.2, -0.15) is 0 Å². The first-order chi connectivity index (χ1) is 31.4. The summed E-state index contributed by atoms with van der Waals surface area (Å²) in [6.45, 7) is 11.3. The third-order valence-electron chi connectivity index (χ3n) is 10.9. The number of benzene rings is 4. The van der Waals surface area contributed by atoms with Crippen LogP contribution in [0.5, 0.6) is 46.0 Å². The van der Waals surface area contributed by atoms with Crippen molar-refractivity contribution in [1.29, 1.82) is 0 Å². The van der Waals surface area contributed by atoms with Crippen LogP contribution in [0, 0.1) is 5.41 Å². The Morgan fingerprint density at radius 3 is 1.29 bits per heavy atom. The van der Waals surface area contributed by atoms with Crippen LogP contribution < -0.4 is 37.9 Å². The van der Waals surface area contributed by atoms with Crippen LogP contribution in [-0.2, 0) is 45.5 Å². The van der Waals surface area contributed by atoms with E-state index in [-0.39, 0.29) is 63.9 Å². The van der Waals surface area contributed by atoms with E-state index in [1.807, 2.05) is 64.1 Å². The van der Waals surface area contributed by atoms with Crippen molar-refractivity contribution in [2.45, 2.75) is 93.0 Å². The van der Waals surface area contributed by atoms with Gasteiger partial charge in [-0.25, -0.2) is 0 Å². The molecule has 0 aliphatic heterocycles. The lowest BCUT2D eigenvalue weighted by Gasteiger charge is -2.27. The molecule has 66 heavy (non-hydrogen) atoms. The molecule has 15 heteroatoms. The van der Waals surface area contributed by atoms with Gasteiger partial charge < -0.3 is 47.4 Å². The number of halogens is 1. The van der Waals surface area contributed by atoms with Crippen molar-refractivity contribution >= 4 is 46.2 Å². The zero-order chi connectivity index (χ0) is 46.7. The van der Waals surface area contributed by atoms with Crippen LogP contribution in [0.2, 0.25) is 0 Å². The molecule has 0 fully saturated rings. The number of rotatable bonds is 22. The van der Waals surface area contributed by atoms with Crippen molar-refractivity contribution in [1.82, 2.24) is 9.97 Å². The largest absolute Gasteiger partial charge is 0.497 e. The molecule has 0 unspecified atom stereocenters. The number of ether oxygens (including phenoxy) is 10. The second-order valence-corrected chi connectivity index (χ2v) is 15.8. The molecule has 0 atom stereocenters. The van der Waals surface area contributed by atoms with Crippen LogP contribution in [0.1, 0.15) is 76.6 Å². The van der Waals surface area contributed by atoms with E-state index in [0.717, 1.165) is 32.9 Å². The fraction of sp³-hybridized carbons (Fsp3) is 0.373. The number of hydrogen-bond donors (Lipinski definition) is 0. The average Bonchev–Trinajstić information content (AvgIpc) is 3.32. The molecule has 14 nitrogen and oxygen atoms in total. The molecule has 0 radical (unpaired) electrons. The number of carbonyl (C=O) groups is 2. The third kappa shape index (κ3) is 11.6. The number of fused-ring (bicyclic) bond motifs is 2. The normalized spacial score (nSPS) is 11.2. The van der Waals surface area contributed by atoms with E-state index < -0.39 is 17.4 Å². The molecule has 0 N–H and O–H groups in total. The quantitative estimate of drug-likeness (QED) is 0.0469. The number of nitrogens with zero attached hydrogens (tertiary/aromatic N) is 2. The van der Waals surface area contributed by atoms with E-state index >= 15 is 0 Å². The summed E-state index contributed by atoms with van der Waals surface area (Å²) >= 11 is 0. The van der Waals surface area contributed by atoms with Gasteiger partial charge in [-0.05, 0) is 112 Å². The summed E-state index contributed by atoms with van der Waals surface area (Å²) < 4.78 is 58.9. The Morgan fingerprint density at radius 1 is 0.530 bits per heavy atom. The maximum Gasteiger partial charge on any atom is 0.323 e. The van der Waals surface area contributed by atoms with Crippen molar-refractivity contribution in [3.63, 3.8) is 0 Å². The lowest BCUT2D eigenvalue weighted by atomic mass is 9.82. The molecule has 6 aromatic rings. The maximum atomic E-state index is 13.9. The van der Waals surface area contributed by atoms with Gasteiger partial charge in [0.1, 0.15) is 49.4 Å². The van der Waals surface area contributed by atoms with Crippen LogP contribution in [0.15, 0.2) is 85.2 Å². The van der Waals surface area contributed by atoms with Crippen molar-refractivity contribution in [3.05, 3.63) is 107 Å². The van der Waals surface area contributed by atoms with Gasteiger partial charge in [0.2, 0.25) is 0 Å². The van der Waals surface area contributed by atoms with E-state index in [1.54, 1.807) is 91.1 Å². The molecular weight excluding hydrogens is 868 g/mol. The van der Waals surface area contributed by atoms with Crippen LogP contribution >= 0.6 is 12.4 Å². The molecule has 4 aromatic carbocycles. The molecular formula is C51H59ClN2O12. The number of carbonyl (C=O) groups excluding carboxylic acids is 2. The van der Waals surface area contributed by atoms with Gasteiger partial charge in [0, 0.05) is 23.2 Å². The maximum absolute atomic E-state index is 13.9. The fourth-order valence-corrected chi connectivity index (χ4v) is 7.23. The van der Waals surface area contributed by atoms with Crippen LogP contribution in [0.25, 0.3) is 21.8 Å². The Labute approximate surface area is 392 Å². The van der Waals surface area contributed by atoms with Gasteiger partial charge in [0.05, 0.1) is 62.8 Å². The molecule has 0 amide bonds. The summed E-state index contributed by atoms with van der Waals surface area (Å²) in [4.78, 5) is 36.9. The van der Waals surface area contributed by atoms with Crippen LogP contribution in [-0.4, -0.2) is 62.6 Å². The highest BCUT2D eigenvalue weighted by Crippen LogP contribution is 2.38. The first-order valence-corrected chi connectivity index (χ1v) is 21.5. The number of hydrogen-bond acceptors (Lipinski definition) is 14. The minimum atomic E-state index is -1.55.